The number of carbonyl (C=O) groups is 1. The molecular formula is C30H36N2O. The number of nitrogens with one attached hydrogen (secondary N) is 1. The number of rotatable bonds is 9. The number of amides is 1. The van der Waals surface area contributed by atoms with Crippen LogP contribution in [0.4, 0.5) is 0 Å². The Balaban J connectivity index is 1.45. The molecule has 1 fully saturated rings. The van der Waals surface area contributed by atoms with E-state index in [-0.39, 0.29) is 11.8 Å². The van der Waals surface area contributed by atoms with Gasteiger partial charge in [-0.05, 0) is 86.2 Å². The van der Waals surface area contributed by atoms with Gasteiger partial charge in [0.25, 0.3) is 0 Å². The van der Waals surface area contributed by atoms with Gasteiger partial charge in [0.15, 0.2) is 0 Å². The lowest BCUT2D eigenvalue weighted by Gasteiger charge is -2.37. The van der Waals surface area contributed by atoms with Crippen molar-refractivity contribution in [2.45, 2.75) is 57.4 Å². The second-order valence-corrected chi connectivity index (χ2v) is 9.59. The van der Waals surface area contributed by atoms with Gasteiger partial charge in [0, 0.05) is 6.04 Å². The monoisotopic (exact) mass is 440 g/mol. The van der Waals surface area contributed by atoms with Gasteiger partial charge in [-0.25, -0.2) is 0 Å². The summed E-state index contributed by atoms with van der Waals surface area (Å²) in [6.07, 6.45) is 5.21. The van der Waals surface area contributed by atoms with Crippen LogP contribution in [0, 0.1) is 19.8 Å². The van der Waals surface area contributed by atoms with Gasteiger partial charge in [0.05, 0.1) is 0 Å². The molecule has 3 aromatic rings. The average Bonchev–Trinajstić information content (AvgIpc) is 3.30. The van der Waals surface area contributed by atoms with Crippen LogP contribution in [-0.2, 0) is 16.6 Å². The maximum Gasteiger partial charge on any atom is 0.232 e. The van der Waals surface area contributed by atoms with Gasteiger partial charge in [0.2, 0.25) is 5.91 Å². The Morgan fingerprint density at radius 1 is 0.909 bits per heavy atom. The van der Waals surface area contributed by atoms with E-state index in [4.69, 9.17) is 5.73 Å². The van der Waals surface area contributed by atoms with Gasteiger partial charge in [0.1, 0.15) is 5.41 Å². The lowest BCUT2D eigenvalue weighted by Crippen LogP contribution is -2.48. The molecule has 1 amide bonds. The molecule has 1 saturated carbocycles. The van der Waals surface area contributed by atoms with E-state index < -0.39 is 5.41 Å². The van der Waals surface area contributed by atoms with E-state index in [1.165, 1.54) is 16.7 Å². The molecule has 0 saturated heterocycles. The van der Waals surface area contributed by atoms with Gasteiger partial charge in [-0.1, -0.05) is 78.9 Å². The number of nitrogens with two attached hydrogens (primary N) is 1. The van der Waals surface area contributed by atoms with Crippen LogP contribution in [0.2, 0.25) is 0 Å². The molecule has 33 heavy (non-hydrogen) atoms. The number of hydrogen-bond donors (Lipinski definition) is 2. The van der Waals surface area contributed by atoms with E-state index in [0.29, 0.717) is 6.04 Å². The van der Waals surface area contributed by atoms with Gasteiger partial charge in [-0.15, -0.1) is 0 Å². The Kier molecular flexibility index (Phi) is 7.29. The normalized spacial score (nSPS) is 18.4. The third kappa shape index (κ3) is 4.89. The molecule has 3 heteroatoms. The minimum atomic E-state index is -0.793. The fraction of sp³-hybridized carbons (Fsp3) is 0.367. The standard InChI is InChI=1S/C30H36N2O/c1-22-15-16-24(20-23(22)2)10-9-19-32-28-18-17-27(21-28)30(29(31)33,25-11-5-3-6-12-25)26-13-7-4-8-14-26/h3-8,11-16,20,27-28,32H,9-10,17-19,21H2,1-2H3,(H2,31,33). The second kappa shape index (κ2) is 10.4. The Morgan fingerprint density at radius 2 is 1.55 bits per heavy atom. The number of primary amides is 1. The summed E-state index contributed by atoms with van der Waals surface area (Å²) in [5, 5.41) is 3.77. The summed E-state index contributed by atoms with van der Waals surface area (Å²) >= 11 is 0. The largest absolute Gasteiger partial charge is 0.369 e. The molecule has 0 aromatic heterocycles. The summed E-state index contributed by atoms with van der Waals surface area (Å²) in [6, 6.07) is 27.4. The quantitative estimate of drug-likeness (QED) is 0.434. The van der Waals surface area contributed by atoms with E-state index >= 15 is 0 Å². The number of aryl methyl sites for hydroxylation is 3. The lowest BCUT2D eigenvalue weighted by molar-refractivity contribution is -0.123. The molecule has 0 bridgehead atoms. The Morgan fingerprint density at radius 3 is 2.12 bits per heavy atom. The highest BCUT2D eigenvalue weighted by molar-refractivity contribution is 5.91. The lowest BCUT2D eigenvalue weighted by atomic mass is 9.64. The molecule has 4 rings (SSSR count). The highest BCUT2D eigenvalue weighted by atomic mass is 16.1. The summed E-state index contributed by atoms with van der Waals surface area (Å²) in [5.41, 5.74) is 11.5. The van der Waals surface area contributed by atoms with Crippen molar-refractivity contribution >= 4 is 5.91 Å². The molecule has 3 aromatic carbocycles. The first-order chi connectivity index (χ1) is 16.0. The molecule has 0 spiro atoms. The molecule has 0 aliphatic heterocycles. The molecule has 0 radical (unpaired) electrons. The first-order valence-corrected chi connectivity index (χ1v) is 12.2. The maximum atomic E-state index is 13.2. The zero-order valence-electron chi connectivity index (χ0n) is 19.9. The Labute approximate surface area is 198 Å². The molecular weight excluding hydrogens is 404 g/mol. The predicted molar refractivity (Wildman–Crippen MR) is 136 cm³/mol. The van der Waals surface area contributed by atoms with Crippen LogP contribution in [0.15, 0.2) is 78.9 Å². The number of benzene rings is 3. The van der Waals surface area contributed by atoms with Crippen molar-refractivity contribution in [3.63, 3.8) is 0 Å². The highest BCUT2D eigenvalue weighted by Gasteiger charge is 2.49. The molecule has 3 nitrogen and oxygen atoms in total. The minimum Gasteiger partial charge on any atom is -0.369 e. The van der Waals surface area contributed by atoms with Gasteiger partial charge < -0.3 is 11.1 Å². The topological polar surface area (TPSA) is 55.1 Å². The Hall–Kier alpha value is -2.91. The summed E-state index contributed by atoms with van der Waals surface area (Å²) in [6.45, 7) is 5.33. The molecule has 1 aliphatic rings. The number of carbonyl (C=O) groups excluding carboxylic acids is 1. The fourth-order valence-corrected chi connectivity index (χ4v) is 5.64. The Bertz CT molecular complexity index is 1020. The van der Waals surface area contributed by atoms with Crippen molar-refractivity contribution in [1.82, 2.24) is 5.32 Å². The van der Waals surface area contributed by atoms with Crippen LogP contribution in [0.1, 0.15) is 53.5 Å². The van der Waals surface area contributed by atoms with E-state index in [1.54, 1.807) is 0 Å². The van der Waals surface area contributed by atoms with Gasteiger partial charge >= 0.3 is 0 Å². The van der Waals surface area contributed by atoms with Crippen LogP contribution in [0.25, 0.3) is 0 Å². The highest BCUT2D eigenvalue weighted by Crippen LogP contribution is 2.46. The summed E-state index contributed by atoms with van der Waals surface area (Å²) in [7, 11) is 0. The fourth-order valence-electron chi connectivity index (χ4n) is 5.64. The molecule has 172 valence electrons. The SMILES string of the molecule is Cc1ccc(CCCNC2CCC(C(C(N)=O)(c3ccccc3)c3ccccc3)C2)cc1C. The van der Waals surface area contributed by atoms with Crippen LogP contribution in [0.5, 0.6) is 0 Å². The van der Waals surface area contributed by atoms with E-state index in [9.17, 15) is 4.79 Å². The molecule has 2 unspecified atom stereocenters. The van der Waals surface area contributed by atoms with Gasteiger partial charge in [-0.2, -0.15) is 0 Å². The van der Waals surface area contributed by atoms with E-state index in [2.05, 4.69) is 61.6 Å². The zero-order chi connectivity index (χ0) is 23.3. The predicted octanol–water partition coefficient (Wildman–Crippen LogP) is 5.47. The smallest absolute Gasteiger partial charge is 0.232 e. The third-order valence-corrected chi connectivity index (χ3v) is 7.54. The van der Waals surface area contributed by atoms with E-state index in [0.717, 1.165) is 49.8 Å². The molecule has 3 N–H and O–H groups in total. The molecule has 2 atom stereocenters. The summed E-state index contributed by atoms with van der Waals surface area (Å²) in [5.74, 6) is -0.0719. The second-order valence-electron chi connectivity index (χ2n) is 9.59. The van der Waals surface area contributed by atoms with Crippen LogP contribution in [-0.4, -0.2) is 18.5 Å². The summed E-state index contributed by atoms with van der Waals surface area (Å²) < 4.78 is 0. The first-order valence-electron chi connectivity index (χ1n) is 12.2. The van der Waals surface area contributed by atoms with Gasteiger partial charge in [-0.3, -0.25) is 4.79 Å². The molecule has 0 heterocycles. The van der Waals surface area contributed by atoms with Crippen molar-refractivity contribution in [2.75, 3.05) is 6.54 Å². The maximum absolute atomic E-state index is 13.2. The van der Waals surface area contributed by atoms with Crippen molar-refractivity contribution in [1.29, 1.82) is 0 Å². The molecule has 1 aliphatic carbocycles. The van der Waals surface area contributed by atoms with Crippen LogP contribution >= 0.6 is 0 Å². The first kappa shape index (κ1) is 23.3. The van der Waals surface area contributed by atoms with Crippen molar-refractivity contribution in [2.24, 2.45) is 11.7 Å². The zero-order valence-corrected chi connectivity index (χ0v) is 19.9. The van der Waals surface area contributed by atoms with Crippen molar-refractivity contribution in [3.05, 3.63) is 107 Å². The summed E-state index contributed by atoms with van der Waals surface area (Å²) in [4.78, 5) is 13.2. The average molecular weight is 441 g/mol. The van der Waals surface area contributed by atoms with Crippen molar-refractivity contribution in [3.8, 4) is 0 Å². The minimum absolute atomic E-state index is 0.178. The third-order valence-electron chi connectivity index (χ3n) is 7.54. The van der Waals surface area contributed by atoms with Crippen LogP contribution < -0.4 is 11.1 Å². The van der Waals surface area contributed by atoms with Crippen LogP contribution in [0.3, 0.4) is 0 Å². The van der Waals surface area contributed by atoms with E-state index in [1.807, 2.05) is 36.4 Å². The van der Waals surface area contributed by atoms with Crippen molar-refractivity contribution < 1.29 is 4.79 Å². The number of hydrogen-bond acceptors (Lipinski definition) is 2.